The fourth-order valence-electron chi connectivity index (χ4n) is 3.76. The number of pyridine rings is 1. The molecule has 7 heteroatoms. The number of nitrogens with zero attached hydrogens (tertiary/aromatic N) is 2. The van der Waals surface area contributed by atoms with Crippen LogP contribution in [0, 0.1) is 5.82 Å². The first-order chi connectivity index (χ1) is 15.2. The SMILES string of the molecule is CC(C)(C)OC(=O)N1CCC(Oc2ccc(-c3ccc4c(Cl)ccnc4c3)c(F)c2)CC1. The Kier molecular flexibility index (Phi) is 6.24. The van der Waals surface area contributed by atoms with Gasteiger partial charge in [-0.05, 0) is 50.6 Å². The second kappa shape index (κ2) is 8.94. The molecule has 1 aliphatic heterocycles. The largest absolute Gasteiger partial charge is 0.490 e. The normalized spacial score (nSPS) is 15.1. The molecule has 0 N–H and O–H groups in total. The Hall–Kier alpha value is -2.86. The molecule has 2 heterocycles. The van der Waals surface area contributed by atoms with Crippen molar-refractivity contribution in [3.8, 4) is 16.9 Å². The number of ether oxygens (including phenoxy) is 2. The van der Waals surface area contributed by atoms with Gasteiger partial charge < -0.3 is 14.4 Å². The van der Waals surface area contributed by atoms with Crippen LogP contribution in [0.3, 0.4) is 0 Å². The Bertz CT molecular complexity index is 1140. The molecule has 0 aliphatic carbocycles. The lowest BCUT2D eigenvalue weighted by Crippen LogP contribution is -2.44. The van der Waals surface area contributed by atoms with Crippen molar-refractivity contribution in [2.75, 3.05) is 13.1 Å². The monoisotopic (exact) mass is 456 g/mol. The number of halogens is 2. The number of likely N-dealkylation sites (tertiary alicyclic amines) is 1. The summed E-state index contributed by atoms with van der Waals surface area (Å²) < 4.78 is 26.3. The summed E-state index contributed by atoms with van der Waals surface area (Å²) in [6.07, 6.45) is 2.58. The number of hydrogen-bond acceptors (Lipinski definition) is 4. The van der Waals surface area contributed by atoms with Crippen LogP contribution in [0.2, 0.25) is 5.02 Å². The third-order valence-electron chi connectivity index (χ3n) is 5.34. The highest BCUT2D eigenvalue weighted by Crippen LogP contribution is 2.31. The molecule has 1 fully saturated rings. The molecule has 1 aromatic heterocycles. The van der Waals surface area contributed by atoms with E-state index < -0.39 is 5.60 Å². The molecule has 0 bridgehead atoms. The first-order valence-corrected chi connectivity index (χ1v) is 11.1. The number of carbonyl (C=O) groups is 1. The van der Waals surface area contributed by atoms with Crippen molar-refractivity contribution in [1.29, 1.82) is 0 Å². The number of aromatic nitrogens is 1. The minimum Gasteiger partial charge on any atom is -0.490 e. The molecule has 0 atom stereocenters. The van der Waals surface area contributed by atoms with Crippen molar-refractivity contribution >= 4 is 28.6 Å². The van der Waals surface area contributed by atoms with Gasteiger partial charge in [-0.15, -0.1) is 0 Å². The number of piperidine rings is 1. The maximum atomic E-state index is 14.9. The maximum absolute atomic E-state index is 14.9. The van der Waals surface area contributed by atoms with Gasteiger partial charge in [-0.25, -0.2) is 9.18 Å². The van der Waals surface area contributed by atoms with E-state index in [9.17, 15) is 9.18 Å². The molecule has 1 saturated heterocycles. The third kappa shape index (κ3) is 5.13. The zero-order valence-electron chi connectivity index (χ0n) is 18.4. The van der Waals surface area contributed by atoms with E-state index in [0.29, 0.717) is 47.8 Å². The molecule has 4 rings (SSSR count). The predicted molar refractivity (Wildman–Crippen MR) is 124 cm³/mol. The van der Waals surface area contributed by atoms with Crippen LogP contribution in [-0.4, -0.2) is 40.8 Å². The average molecular weight is 457 g/mol. The summed E-state index contributed by atoms with van der Waals surface area (Å²) in [5.74, 6) is 0.110. The standard InChI is InChI=1S/C25H26ClFN2O3/c1-25(2,3)32-24(30)29-12-9-17(10-13-29)31-18-5-7-19(22(27)15-18)16-4-6-20-21(26)8-11-28-23(20)14-16/h4-8,11,14-15,17H,9-10,12-13H2,1-3H3. The fourth-order valence-corrected chi connectivity index (χ4v) is 3.98. The van der Waals surface area contributed by atoms with Crippen molar-refractivity contribution in [2.24, 2.45) is 0 Å². The van der Waals surface area contributed by atoms with Gasteiger partial charge >= 0.3 is 6.09 Å². The lowest BCUT2D eigenvalue weighted by molar-refractivity contribution is 0.0126. The van der Waals surface area contributed by atoms with Gasteiger partial charge in [-0.2, -0.15) is 0 Å². The second-order valence-corrected chi connectivity index (χ2v) is 9.36. The summed E-state index contributed by atoms with van der Waals surface area (Å²) in [5.41, 5.74) is 1.39. The molecule has 0 saturated carbocycles. The summed E-state index contributed by atoms with van der Waals surface area (Å²) >= 11 is 6.20. The number of amides is 1. The van der Waals surface area contributed by atoms with Crippen LogP contribution in [0.5, 0.6) is 5.75 Å². The second-order valence-electron chi connectivity index (χ2n) is 8.95. The highest BCUT2D eigenvalue weighted by molar-refractivity contribution is 6.35. The molecule has 2 aromatic carbocycles. The number of carbonyl (C=O) groups excluding carboxylic acids is 1. The Labute approximate surface area is 192 Å². The van der Waals surface area contributed by atoms with Gasteiger partial charge in [0.15, 0.2) is 0 Å². The highest BCUT2D eigenvalue weighted by Gasteiger charge is 2.27. The van der Waals surface area contributed by atoms with E-state index in [1.807, 2.05) is 39.0 Å². The molecular weight excluding hydrogens is 431 g/mol. The van der Waals surface area contributed by atoms with Crippen LogP contribution in [0.15, 0.2) is 48.7 Å². The molecular formula is C25H26ClFN2O3. The van der Waals surface area contributed by atoms with E-state index in [-0.39, 0.29) is 18.0 Å². The first-order valence-electron chi connectivity index (χ1n) is 10.7. The van der Waals surface area contributed by atoms with Crippen molar-refractivity contribution in [2.45, 2.75) is 45.3 Å². The molecule has 5 nitrogen and oxygen atoms in total. The number of hydrogen-bond donors (Lipinski definition) is 0. The maximum Gasteiger partial charge on any atom is 0.410 e. The molecule has 1 amide bonds. The quantitative estimate of drug-likeness (QED) is 0.453. The van der Waals surface area contributed by atoms with Crippen LogP contribution in [0.1, 0.15) is 33.6 Å². The predicted octanol–water partition coefficient (Wildman–Crippen LogP) is 6.47. The molecule has 0 spiro atoms. The van der Waals surface area contributed by atoms with Gasteiger partial charge in [-0.1, -0.05) is 23.7 Å². The lowest BCUT2D eigenvalue weighted by atomic mass is 10.0. The summed E-state index contributed by atoms with van der Waals surface area (Å²) in [6, 6.07) is 12.1. The van der Waals surface area contributed by atoms with Gasteiger partial charge in [0.05, 0.1) is 10.5 Å². The van der Waals surface area contributed by atoms with Crippen molar-refractivity contribution < 1.29 is 18.7 Å². The van der Waals surface area contributed by atoms with Gasteiger partial charge in [-0.3, -0.25) is 4.98 Å². The van der Waals surface area contributed by atoms with Crippen molar-refractivity contribution in [3.63, 3.8) is 0 Å². The zero-order valence-corrected chi connectivity index (χ0v) is 19.2. The van der Waals surface area contributed by atoms with Gasteiger partial charge in [0.1, 0.15) is 23.3 Å². The highest BCUT2D eigenvalue weighted by atomic mass is 35.5. The average Bonchev–Trinajstić information content (AvgIpc) is 2.73. The van der Waals surface area contributed by atoms with Crippen molar-refractivity contribution in [1.82, 2.24) is 9.88 Å². The van der Waals surface area contributed by atoms with Gasteiger partial charge in [0.2, 0.25) is 0 Å². The summed E-state index contributed by atoms with van der Waals surface area (Å²) in [7, 11) is 0. The Morgan fingerprint density at radius 3 is 2.56 bits per heavy atom. The minimum atomic E-state index is -0.517. The van der Waals surface area contributed by atoms with Crippen LogP contribution >= 0.6 is 11.6 Å². The summed E-state index contributed by atoms with van der Waals surface area (Å²) in [5, 5.41) is 1.44. The van der Waals surface area contributed by atoms with Crippen LogP contribution in [0.25, 0.3) is 22.0 Å². The number of rotatable bonds is 3. The lowest BCUT2D eigenvalue weighted by Gasteiger charge is -2.33. The Balaban J connectivity index is 1.41. The number of fused-ring (bicyclic) bond motifs is 1. The third-order valence-corrected chi connectivity index (χ3v) is 5.67. The van der Waals surface area contributed by atoms with E-state index in [1.165, 1.54) is 6.07 Å². The Morgan fingerprint density at radius 1 is 1.12 bits per heavy atom. The Morgan fingerprint density at radius 2 is 1.88 bits per heavy atom. The fraction of sp³-hybridized carbons (Fsp3) is 0.360. The van der Waals surface area contributed by atoms with Gasteiger partial charge in [0, 0.05) is 49.1 Å². The smallest absolute Gasteiger partial charge is 0.410 e. The van der Waals surface area contributed by atoms with Crippen LogP contribution in [-0.2, 0) is 4.74 Å². The minimum absolute atomic E-state index is 0.0778. The van der Waals surface area contributed by atoms with E-state index in [2.05, 4.69) is 4.98 Å². The molecule has 1 aliphatic rings. The van der Waals surface area contributed by atoms with Gasteiger partial charge in [0.25, 0.3) is 0 Å². The van der Waals surface area contributed by atoms with E-state index >= 15 is 0 Å². The van der Waals surface area contributed by atoms with Crippen molar-refractivity contribution in [3.05, 3.63) is 59.5 Å². The van der Waals surface area contributed by atoms with E-state index in [4.69, 9.17) is 21.1 Å². The molecule has 168 valence electrons. The molecule has 0 radical (unpaired) electrons. The van der Waals surface area contributed by atoms with E-state index in [0.717, 1.165) is 10.9 Å². The number of benzene rings is 2. The molecule has 3 aromatic rings. The summed E-state index contributed by atoms with van der Waals surface area (Å²) in [4.78, 5) is 18.2. The van der Waals surface area contributed by atoms with Crippen LogP contribution < -0.4 is 4.74 Å². The molecule has 32 heavy (non-hydrogen) atoms. The molecule has 0 unspecified atom stereocenters. The topological polar surface area (TPSA) is 51.7 Å². The van der Waals surface area contributed by atoms with Crippen LogP contribution in [0.4, 0.5) is 9.18 Å². The first kappa shape index (κ1) is 22.3. The zero-order chi connectivity index (χ0) is 22.9. The van der Waals surface area contributed by atoms with E-state index in [1.54, 1.807) is 29.3 Å². The summed E-state index contributed by atoms with van der Waals surface area (Å²) in [6.45, 7) is 6.65.